The molecule has 6 heteroatoms. The van der Waals surface area contributed by atoms with E-state index < -0.39 is 11.6 Å². The topological polar surface area (TPSA) is 51.4 Å². The van der Waals surface area contributed by atoms with E-state index in [4.69, 9.17) is 10.5 Å². The lowest BCUT2D eigenvalue weighted by atomic mass is 10.2. The van der Waals surface area contributed by atoms with Crippen molar-refractivity contribution in [3.8, 4) is 5.75 Å². The van der Waals surface area contributed by atoms with Crippen molar-refractivity contribution in [2.75, 3.05) is 24.8 Å². The van der Waals surface area contributed by atoms with Crippen molar-refractivity contribution in [2.45, 2.75) is 0 Å². The molecule has 4 nitrogen and oxygen atoms in total. The highest BCUT2D eigenvalue weighted by Gasteiger charge is 2.14. The summed E-state index contributed by atoms with van der Waals surface area (Å²) >= 11 is 0. The van der Waals surface area contributed by atoms with Crippen molar-refractivity contribution in [3.05, 3.63) is 42.0 Å². The third-order valence-electron chi connectivity index (χ3n) is 2.72. The molecule has 0 spiro atoms. The third kappa shape index (κ3) is 2.57. The third-order valence-corrected chi connectivity index (χ3v) is 2.72. The van der Waals surface area contributed by atoms with Crippen molar-refractivity contribution in [1.29, 1.82) is 0 Å². The second-order valence-corrected chi connectivity index (χ2v) is 3.92. The molecule has 2 N–H and O–H groups in total. The second kappa shape index (κ2) is 5.09. The fourth-order valence-electron chi connectivity index (χ4n) is 1.63. The lowest BCUT2D eigenvalue weighted by Crippen LogP contribution is -2.14. The Morgan fingerprint density at radius 1 is 1.16 bits per heavy atom. The van der Waals surface area contributed by atoms with E-state index in [1.54, 1.807) is 38.4 Å². The number of methoxy groups -OCH3 is 1. The van der Waals surface area contributed by atoms with Gasteiger partial charge in [-0.1, -0.05) is 0 Å². The second-order valence-electron chi connectivity index (χ2n) is 3.92. The summed E-state index contributed by atoms with van der Waals surface area (Å²) in [7, 11) is 3.17. The van der Waals surface area contributed by atoms with E-state index in [-0.39, 0.29) is 11.6 Å². The molecule has 19 heavy (non-hydrogen) atoms. The van der Waals surface area contributed by atoms with Gasteiger partial charge in [0.05, 0.1) is 7.11 Å². The summed E-state index contributed by atoms with van der Waals surface area (Å²) in [5, 5.41) is 0. The molecule has 0 radical (unpaired) electrons. The Labute approximate surface area is 109 Å². The fraction of sp³-hybridized carbons (Fsp3) is 0.154. The highest BCUT2D eigenvalue weighted by Crippen LogP contribution is 2.27. The van der Waals surface area contributed by atoms with Crippen LogP contribution in [0.25, 0.3) is 0 Å². The summed E-state index contributed by atoms with van der Waals surface area (Å²) in [4.78, 5) is 5.19. The normalized spacial score (nSPS) is 10.3. The molecule has 1 heterocycles. The maximum absolute atomic E-state index is 13.7. The monoisotopic (exact) mass is 265 g/mol. The molecule has 0 saturated heterocycles. The summed E-state index contributed by atoms with van der Waals surface area (Å²) in [6.45, 7) is 0. The lowest BCUT2D eigenvalue weighted by molar-refractivity contribution is 0.415. The van der Waals surface area contributed by atoms with Gasteiger partial charge >= 0.3 is 0 Å². The SMILES string of the molecule is COc1ccc(N(C)c2nc(N)c(F)cc2F)cc1. The zero-order valence-corrected chi connectivity index (χ0v) is 10.5. The number of nitrogens with zero attached hydrogens (tertiary/aromatic N) is 2. The predicted octanol–water partition coefficient (Wildman–Crippen LogP) is 2.72. The van der Waals surface area contributed by atoms with Gasteiger partial charge < -0.3 is 15.4 Å². The van der Waals surface area contributed by atoms with Crippen LogP contribution >= 0.6 is 0 Å². The van der Waals surface area contributed by atoms with Gasteiger partial charge in [-0.2, -0.15) is 0 Å². The molecule has 0 aliphatic carbocycles. The average molecular weight is 265 g/mol. The van der Waals surface area contributed by atoms with E-state index in [0.717, 1.165) is 6.07 Å². The zero-order chi connectivity index (χ0) is 14.0. The Bertz CT molecular complexity index is 587. The molecular weight excluding hydrogens is 252 g/mol. The first-order valence-corrected chi connectivity index (χ1v) is 5.52. The summed E-state index contributed by atoms with van der Waals surface area (Å²) in [5.74, 6) is -1.33. The number of aromatic nitrogens is 1. The van der Waals surface area contributed by atoms with Crippen LogP contribution in [-0.2, 0) is 0 Å². The first kappa shape index (κ1) is 13.1. The Morgan fingerprint density at radius 2 is 1.79 bits per heavy atom. The van der Waals surface area contributed by atoms with Crippen molar-refractivity contribution >= 4 is 17.3 Å². The number of halogens is 2. The number of pyridine rings is 1. The van der Waals surface area contributed by atoms with Gasteiger partial charge in [-0.15, -0.1) is 0 Å². The molecule has 1 aromatic carbocycles. The van der Waals surface area contributed by atoms with Crippen molar-refractivity contribution < 1.29 is 13.5 Å². The number of rotatable bonds is 3. The predicted molar refractivity (Wildman–Crippen MR) is 69.6 cm³/mol. The number of benzene rings is 1. The van der Waals surface area contributed by atoms with E-state index in [1.165, 1.54) is 4.90 Å². The Morgan fingerprint density at radius 3 is 2.37 bits per heavy atom. The highest BCUT2D eigenvalue weighted by atomic mass is 19.1. The highest BCUT2D eigenvalue weighted by molar-refractivity contribution is 5.61. The standard InChI is InChI=1S/C13H13F2N3O/c1-18(8-3-5-9(19-2)6-4-8)13-11(15)7-10(14)12(16)17-13/h3-7H,1-2H3,(H2,16,17). The first-order valence-electron chi connectivity index (χ1n) is 5.52. The molecule has 0 fully saturated rings. The Balaban J connectivity index is 2.37. The summed E-state index contributed by atoms with van der Waals surface area (Å²) in [6, 6.07) is 7.66. The fourth-order valence-corrected chi connectivity index (χ4v) is 1.63. The number of anilines is 3. The molecule has 2 rings (SSSR count). The van der Waals surface area contributed by atoms with E-state index in [0.29, 0.717) is 11.4 Å². The molecule has 0 aliphatic heterocycles. The number of hydrogen-bond acceptors (Lipinski definition) is 4. The van der Waals surface area contributed by atoms with Gasteiger partial charge in [0.1, 0.15) is 5.75 Å². The van der Waals surface area contributed by atoms with Crippen LogP contribution in [0.3, 0.4) is 0 Å². The summed E-state index contributed by atoms with van der Waals surface area (Å²) in [6.07, 6.45) is 0. The minimum absolute atomic E-state index is 0.0379. The van der Waals surface area contributed by atoms with E-state index in [1.807, 2.05) is 0 Å². The van der Waals surface area contributed by atoms with Gasteiger partial charge in [0.15, 0.2) is 23.3 Å². The van der Waals surface area contributed by atoms with E-state index >= 15 is 0 Å². The van der Waals surface area contributed by atoms with Crippen molar-refractivity contribution in [3.63, 3.8) is 0 Å². The molecule has 0 amide bonds. The molecule has 0 bridgehead atoms. The van der Waals surface area contributed by atoms with Gasteiger partial charge in [-0.05, 0) is 24.3 Å². The van der Waals surface area contributed by atoms with Gasteiger partial charge in [0.25, 0.3) is 0 Å². The maximum atomic E-state index is 13.7. The molecule has 0 unspecified atom stereocenters. The van der Waals surface area contributed by atoms with Crippen LogP contribution in [0.15, 0.2) is 30.3 Å². The molecule has 100 valence electrons. The molecule has 2 aromatic rings. The summed E-state index contributed by atoms with van der Waals surface area (Å²) in [5.41, 5.74) is 6.03. The van der Waals surface area contributed by atoms with Crippen LogP contribution in [0.4, 0.5) is 26.1 Å². The maximum Gasteiger partial charge on any atom is 0.171 e. The van der Waals surface area contributed by atoms with Gasteiger partial charge in [-0.25, -0.2) is 13.8 Å². The Hall–Kier alpha value is -2.37. The minimum Gasteiger partial charge on any atom is -0.497 e. The minimum atomic E-state index is -0.871. The van der Waals surface area contributed by atoms with Crippen LogP contribution < -0.4 is 15.4 Å². The number of hydrogen-bond donors (Lipinski definition) is 1. The van der Waals surface area contributed by atoms with Gasteiger partial charge in [0.2, 0.25) is 0 Å². The van der Waals surface area contributed by atoms with Crippen LogP contribution in [0, 0.1) is 11.6 Å². The molecule has 0 saturated carbocycles. The zero-order valence-electron chi connectivity index (χ0n) is 10.5. The quantitative estimate of drug-likeness (QED) is 0.927. The number of ether oxygens (including phenoxy) is 1. The molecule has 0 aliphatic rings. The largest absolute Gasteiger partial charge is 0.497 e. The van der Waals surface area contributed by atoms with Crippen LogP contribution in [0.5, 0.6) is 5.75 Å². The van der Waals surface area contributed by atoms with Crippen molar-refractivity contribution in [1.82, 2.24) is 4.98 Å². The van der Waals surface area contributed by atoms with Crippen LogP contribution in [0.2, 0.25) is 0 Å². The smallest absolute Gasteiger partial charge is 0.171 e. The van der Waals surface area contributed by atoms with E-state index in [9.17, 15) is 8.78 Å². The lowest BCUT2D eigenvalue weighted by Gasteiger charge is -2.19. The summed E-state index contributed by atoms with van der Waals surface area (Å²) < 4.78 is 31.8. The molecule has 0 atom stereocenters. The number of nitrogens with two attached hydrogens (primary N) is 1. The molecular formula is C13H13F2N3O. The average Bonchev–Trinajstić information content (AvgIpc) is 2.42. The first-order chi connectivity index (χ1) is 9.02. The molecule has 1 aromatic heterocycles. The van der Waals surface area contributed by atoms with Crippen LogP contribution in [0.1, 0.15) is 0 Å². The van der Waals surface area contributed by atoms with Gasteiger partial charge in [-0.3, -0.25) is 0 Å². The van der Waals surface area contributed by atoms with Crippen molar-refractivity contribution in [2.24, 2.45) is 0 Å². The number of nitrogen functional groups attached to an aromatic ring is 1. The van der Waals surface area contributed by atoms with E-state index in [2.05, 4.69) is 4.98 Å². The van der Waals surface area contributed by atoms with Gasteiger partial charge in [0, 0.05) is 18.8 Å². The van der Waals surface area contributed by atoms with Crippen LogP contribution in [-0.4, -0.2) is 19.1 Å². The Kier molecular flexibility index (Phi) is 3.50.